The summed E-state index contributed by atoms with van der Waals surface area (Å²) in [6, 6.07) is 8.39. The van der Waals surface area contributed by atoms with Gasteiger partial charge in [-0.3, -0.25) is 4.79 Å². The molecule has 0 spiro atoms. The Labute approximate surface area is 158 Å². The number of aromatic nitrogens is 2. The number of carbonyl (C=O) groups is 1. The molecule has 7 nitrogen and oxygen atoms in total. The normalized spacial score (nSPS) is 14.3. The molecule has 0 bridgehead atoms. The van der Waals surface area contributed by atoms with Crippen molar-refractivity contribution in [2.24, 2.45) is 0 Å². The molecule has 1 saturated heterocycles. The zero-order valence-corrected chi connectivity index (χ0v) is 15.4. The van der Waals surface area contributed by atoms with E-state index in [9.17, 15) is 9.18 Å². The minimum absolute atomic E-state index is 0.214. The van der Waals surface area contributed by atoms with Gasteiger partial charge < -0.3 is 19.9 Å². The minimum atomic E-state index is -0.222. The predicted molar refractivity (Wildman–Crippen MR) is 102 cm³/mol. The number of carbonyl (C=O) groups excluding carboxylic acids is 1. The topological polar surface area (TPSA) is 70.6 Å². The summed E-state index contributed by atoms with van der Waals surface area (Å²) in [5, 5.41) is 2.82. The summed E-state index contributed by atoms with van der Waals surface area (Å²) in [5.74, 6) is 0.0850. The van der Waals surface area contributed by atoms with E-state index in [-0.39, 0.29) is 11.7 Å². The third kappa shape index (κ3) is 4.91. The molecule has 1 aromatic carbocycles. The molecule has 8 heteroatoms. The van der Waals surface area contributed by atoms with E-state index in [1.54, 1.807) is 31.5 Å². The maximum Gasteiger partial charge on any atom is 0.270 e. The first-order valence-electron chi connectivity index (χ1n) is 9.03. The Balaban J connectivity index is 1.58. The molecule has 1 N–H and O–H groups in total. The lowest BCUT2D eigenvalue weighted by Crippen LogP contribution is -2.47. The molecule has 2 heterocycles. The van der Waals surface area contributed by atoms with Gasteiger partial charge in [0.05, 0.1) is 5.69 Å². The van der Waals surface area contributed by atoms with Crippen molar-refractivity contribution >= 4 is 17.5 Å². The number of halogens is 1. The summed E-state index contributed by atoms with van der Waals surface area (Å²) < 4.78 is 18.9. The number of para-hydroxylation sites is 1. The molecule has 1 fully saturated rings. The number of piperazine rings is 1. The van der Waals surface area contributed by atoms with Crippen molar-refractivity contribution < 1.29 is 13.9 Å². The van der Waals surface area contributed by atoms with Gasteiger partial charge in [0.25, 0.3) is 5.91 Å². The van der Waals surface area contributed by atoms with Crippen LogP contribution in [-0.4, -0.2) is 62.3 Å². The fourth-order valence-electron chi connectivity index (χ4n) is 2.99. The van der Waals surface area contributed by atoms with E-state index >= 15 is 0 Å². The Morgan fingerprint density at radius 1 is 1.19 bits per heavy atom. The van der Waals surface area contributed by atoms with Gasteiger partial charge in [0.1, 0.15) is 11.5 Å². The summed E-state index contributed by atoms with van der Waals surface area (Å²) in [4.78, 5) is 24.9. The zero-order valence-electron chi connectivity index (χ0n) is 15.4. The molecule has 3 rings (SSSR count). The number of nitrogens with zero attached hydrogens (tertiary/aromatic N) is 4. The second-order valence-electron chi connectivity index (χ2n) is 6.27. The maximum atomic E-state index is 14.0. The third-order valence-electron chi connectivity index (χ3n) is 4.44. The van der Waals surface area contributed by atoms with Gasteiger partial charge in [-0.2, -0.15) is 0 Å². The average Bonchev–Trinajstić information content (AvgIpc) is 2.72. The molecular formula is C19H24FN5O2. The summed E-state index contributed by atoms with van der Waals surface area (Å²) in [7, 11) is 1.63. The van der Waals surface area contributed by atoms with Crippen LogP contribution < -0.4 is 15.1 Å². The summed E-state index contributed by atoms with van der Waals surface area (Å²) >= 11 is 0. The molecule has 1 amide bonds. The van der Waals surface area contributed by atoms with E-state index in [2.05, 4.69) is 15.3 Å². The highest BCUT2D eigenvalue weighted by atomic mass is 19.1. The van der Waals surface area contributed by atoms with E-state index in [1.807, 2.05) is 15.9 Å². The largest absolute Gasteiger partial charge is 0.385 e. The van der Waals surface area contributed by atoms with Gasteiger partial charge in [-0.1, -0.05) is 12.1 Å². The van der Waals surface area contributed by atoms with E-state index in [0.29, 0.717) is 56.7 Å². The molecular weight excluding hydrogens is 349 g/mol. The van der Waals surface area contributed by atoms with Crippen molar-refractivity contribution in [3.63, 3.8) is 0 Å². The van der Waals surface area contributed by atoms with Crippen LogP contribution in [0.25, 0.3) is 0 Å². The van der Waals surface area contributed by atoms with Gasteiger partial charge in [0.2, 0.25) is 5.95 Å². The van der Waals surface area contributed by atoms with Crippen LogP contribution >= 0.6 is 0 Å². The van der Waals surface area contributed by atoms with E-state index in [4.69, 9.17) is 4.74 Å². The SMILES string of the molecule is COCCCNC(=O)c1ccnc(N2CCN(c3ccccc3F)CC2)n1. The molecule has 0 radical (unpaired) electrons. The lowest BCUT2D eigenvalue weighted by atomic mass is 10.2. The Bertz CT molecular complexity index is 765. The average molecular weight is 373 g/mol. The number of hydrogen-bond donors (Lipinski definition) is 1. The van der Waals surface area contributed by atoms with E-state index < -0.39 is 0 Å². The number of nitrogens with one attached hydrogen (secondary N) is 1. The van der Waals surface area contributed by atoms with Crippen LogP contribution in [0.4, 0.5) is 16.0 Å². The summed E-state index contributed by atoms with van der Waals surface area (Å²) in [6.45, 7) is 3.78. The molecule has 144 valence electrons. The standard InChI is InChI=1S/C19H24FN5O2/c1-27-14-4-8-21-18(26)16-7-9-22-19(23-16)25-12-10-24(11-13-25)17-6-3-2-5-15(17)20/h2-3,5-7,9H,4,8,10-14H2,1H3,(H,21,26). The molecule has 1 aliphatic heterocycles. The molecule has 1 aromatic heterocycles. The van der Waals surface area contributed by atoms with Crippen LogP contribution in [0.3, 0.4) is 0 Å². The number of hydrogen-bond acceptors (Lipinski definition) is 6. The molecule has 0 unspecified atom stereocenters. The highest BCUT2D eigenvalue weighted by Gasteiger charge is 2.21. The van der Waals surface area contributed by atoms with Crippen LogP contribution in [0.5, 0.6) is 0 Å². The Morgan fingerprint density at radius 2 is 1.93 bits per heavy atom. The van der Waals surface area contributed by atoms with Crippen molar-refractivity contribution in [3.05, 3.63) is 48.0 Å². The lowest BCUT2D eigenvalue weighted by molar-refractivity contribution is 0.0943. The van der Waals surface area contributed by atoms with Crippen molar-refractivity contribution in [2.45, 2.75) is 6.42 Å². The highest BCUT2D eigenvalue weighted by molar-refractivity contribution is 5.92. The zero-order chi connectivity index (χ0) is 19.1. The van der Waals surface area contributed by atoms with Crippen LogP contribution in [0.15, 0.2) is 36.5 Å². The number of benzene rings is 1. The number of rotatable bonds is 7. The van der Waals surface area contributed by atoms with Crippen LogP contribution in [-0.2, 0) is 4.74 Å². The molecule has 27 heavy (non-hydrogen) atoms. The maximum absolute atomic E-state index is 14.0. The highest BCUT2D eigenvalue weighted by Crippen LogP contribution is 2.21. The number of amides is 1. The third-order valence-corrected chi connectivity index (χ3v) is 4.44. The summed E-state index contributed by atoms with van der Waals surface area (Å²) in [5.41, 5.74) is 0.955. The first kappa shape index (κ1) is 19.0. The number of methoxy groups -OCH3 is 1. The second kappa shape index (κ2) is 9.27. The summed E-state index contributed by atoms with van der Waals surface area (Å²) in [6.07, 6.45) is 2.34. The van der Waals surface area contributed by atoms with Crippen LogP contribution in [0.2, 0.25) is 0 Å². The van der Waals surface area contributed by atoms with Crippen molar-refractivity contribution in [1.29, 1.82) is 0 Å². The lowest BCUT2D eigenvalue weighted by Gasteiger charge is -2.36. The molecule has 0 aliphatic carbocycles. The van der Waals surface area contributed by atoms with Gasteiger partial charge in [0.15, 0.2) is 0 Å². The molecule has 2 aromatic rings. The van der Waals surface area contributed by atoms with Gasteiger partial charge in [0, 0.05) is 52.6 Å². The predicted octanol–water partition coefficient (Wildman–Crippen LogP) is 1.71. The van der Waals surface area contributed by atoms with Crippen LogP contribution in [0, 0.1) is 5.82 Å². The van der Waals surface area contributed by atoms with E-state index in [0.717, 1.165) is 6.42 Å². The number of ether oxygens (including phenoxy) is 1. The molecule has 0 atom stereocenters. The second-order valence-corrected chi connectivity index (χ2v) is 6.27. The van der Waals surface area contributed by atoms with Crippen molar-refractivity contribution in [2.75, 3.05) is 56.2 Å². The van der Waals surface area contributed by atoms with Crippen molar-refractivity contribution in [3.8, 4) is 0 Å². The molecule has 0 saturated carbocycles. The fourth-order valence-corrected chi connectivity index (χ4v) is 2.99. The quantitative estimate of drug-likeness (QED) is 0.745. The smallest absolute Gasteiger partial charge is 0.270 e. The van der Waals surface area contributed by atoms with Gasteiger partial charge in [-0.25, -0.2) is 14.4 Å². The Kier molecular flexibility index (Phi) is 6.54. The fraction of sp³-hybridized carbons (Fsp3) is 0.421. The van der Waals surface area contributed by atoms with Gasteiger partial charge in [-0.15, -0.1) is 0 Å². The minimum Gasteiger partial charge on any atom is -0.385 e. The van der Waals surface area contributed by atoms with Crippen LogP contribution in [0.1, 0.15) is 16.9 Å². The Hall–Kier alpha value is -2.74. The van der Waals surface area contributed by atoms with E-state index in [1.165, 1.54) is 6.07 Å². The Morgan fingerprint density at radius 3 is 2.67 bits per heavy atom. The molecule has 1 aliphatic rings. The first-order valence-corrected chi connectivity index (χ1v) is 9.03. The first-order chi connectivity index (χ1) is 13.2. The van der Waals surface area contributed by atoms with Gasteiger partial charge >= 0.3 is 0 Å². The van der Waals surface area contributed by atoms with Gasteiger partial charge in [-0.05, 0) is 24.6 Å². The number of anilines is 2. The monoisotopic (exact) mass is 373 g/mol. The van der Waals surface area contributed by atoms with Crippen molar-refractivity contribution in [1.82, 2.24) is 15.3 Å².